The third-order valence-corrected chi connectivity index (χ3v) is 6.36. The Bertz CT molecular complexity index is 1140. The number of aromatic amines is 1. The molecule has 4 heterocycles. The van der Waals surface area contributed by atoms with Crippen LogP contribution < -0.4 is 10.5 Å². The van der Waals surface area contributed by atoms with Crippen LogP contribution in [-0.4, -0.2) is 38.8 Å². The van der Waals surface area contributed by atoms with Crippen molar-refractivity contribution in [3.8, 4) is 10.9 Å². The molecule has 4 aromatic rings. The van der Waals surface area contributed by atoms with Crippen LogP contribution in [0.5, 0.6) is 10.9 Å². The Morgan fingerprint density at radius 3 is 2.97 bits per heavy atom. The van der Waals surface area contributed by atoms with E-state index in [4.69, 9.17) is 10.5 Å². The molecule has 1 aliphatic heterocycles. The van der Waals surface area contributed by atoms with Gasteiger partial charge in [0.15, 0.2) is 5.65 Å². The first-order valence-electron chi connectivity index (χ1n) is 9.67. The number of hydrogen-bond acceptors (Lipinski definition) is 6. The van der Waals surface area contributed by atoms with Gasteiger partial charge in [0.2, 0.25) is 5.91 Å². The molecule has 29 heavy (non-hydrogen) atoms. The summed E-state index contributed by atoms with van der Waals surface area (Å²) in [6.45, 7) is 2.65. The zero-order valence-corrected chi connectivity index (χ0v) is 16.6. The monoisotopic (exact) mass is 407 g/mol. The van der Waals surface area contributed by atoms with Gasteiger partial charge in [-0.2, -0.15) is 4.98 Å². The van der Waals surface area contributed by atoms with Gasteiger partial charge in [-0.1, -0.05) is 11.3 Å². The number of carbonyl (C=O) groups is 1. The average Bonchev–Trinajstić information content (AvgIpc) is 3.31. The number of pyridine rings is 1. The molecule has 1 amide bonds. The largest absolute Gasteiger partial charge is 0.431 e. The minimum absolute atomic E-state index is 0.0200. The fourth-order valence-electron chi connectivity index (χ4n) is 3.87. The van der Waals surface area contributed by atoms with E-state index in [1.807, 2.05) is 24.3 Å². The normalized spacial score (nSPS) is 15.9. The third kappa shape index (κ3) is 3.68. The summed E-state index contributed by atoms with van der Waals surface area (Å²) in [5.41, 5.74) is 8.41. The highest BCUT2D eigenvalue weighted by Gasteiger charge is 2.23. The fraction of sp³-hybridized carbons (Fsp3) is 0.286. The standard InChI is InChI=1S/C21H21N5O2S/c22-19(27)13-5-8-26(9-6-13)12-14-11-24-17-10-15(3-4-16(14)17)28-21-25-20-18(29-21)2-1-7-23-20/h1-4,7,10-11,13,24H,5-6,8-9,12H2,(H2,22,27). The molecule has 0 bridgehead atoms. The molecule has 0 radical (unpaired) electrons. The second kappa shape index (κ2) is 7.46. The topological polar surface area (TPSA) is 97.1 Å². The number of nitrogens with zero attached hydrogens (tertiary/aromatic N) is 3. The summed E-state index contributed by atoms with van der Waals surface area (Å²) in [5, 5.41) is 1.77. The molecule has 0 aliphatic carbocycles. The van der Waals surface area contributed by atoms with Crippen molar-refractivity contribution in [3.63, 3.8) is 0 Å². The van der Waals surface area contributed by atoms with Gasteiger partial charge in [-0.25, -0.2) is 4.98 Å². The van der Waals surface area contributed by atoms with Gasteiger partial charge in [0, 0.05) is 41.8 Å². The van der Waals surface area contributed by atoms with Gasteiger partial charge in [0.05, 0.1) is 4.70 Å². The first kappa shape index (κ1) is 18.1. The maximum Gasteiger partial charge on any atom is 0.281 e. The van der Waals surface area contributed by atoms with E-state index in [1.54, 1.807) is 6.20 Å². The summed E-state index contributed by atoms with van der Waals surface area (Å²) < 4.78 is 6.96. The minimum Gasteiger partial charge on any atom is -0.431 e. The highest BCUT2D eigenvalue weighted by Crippen LogP contribution is 2.32. The van der Waals surface area contributed by atoms with Crippen LogP contribution in [-0.2, 0) is 11.3 Å². The number of carbonyl (C=O) groups excluding carboxylic acids is 1. The lowest BCUT2D eigenvalue weighted by Crippen LogP contribution is -2.38. The van der Waals surface area contributed by atoms with Crippen LogP contribution in [0.1, 0.15) is 18.4 Å². The summed E-state index contributed by atoms with van der Waals surface area (Å²) in [5.74, 6) is 0.590. The van der Waals surface area contributed by atoms with Crippen LogP contribution >= 0.6 is 11.3 Å². The number of rotatable bonds is 5. The lowest BCUT2D eigenvalue weighted by atomic mass is 9.96. The maximum atomic E-state index is 11.3. The number of thiazole rings is 1. The first-order chi connectivity index (χ1) is 14.2. The minimum atomic E-state index is -0.173. The zero-order valence-electron chi connectivity index (χ0n) is 15.8. The van der Waals surface area contributed by atoms with Gasteiger partial charge in [-0.3, -0.25) is 9.69 Å². The average molecular weight is 407 g/mol. The molecular formula is C21H21N5O2S. The number of nitrogens with two attached hydrogens (primary N) is 1. The number of H-pyrrole nitrogens is 1. The van der Waals surface area contributed by atoms with E-state index in [-0.39, 0.29) is 11.8 Å². The number of amides is 1. The Morgan fingerprint density at radius 2 is 2.17 bits per heavy atom. The molecule has 1 aromatic carbocycles. The van der Waals surface area contributed by atoms with Crippen molar-refractivity contribution in [2.24, 2.45) is 11.7 Å². The third-order valence-electron chi connectivity index (χ3n) is 5.47. The van der Waals surface area contributed by atoms with Crippen molar-refractivity contribution < 1.29 is 9.53 Å². The van der Waals surface area contributed by atoms with E-state index in [0.717, 1.165) is 48.4 Å². The number of piperidine rings is 1. The van der Waals surface area contributed by atoms with Crippen LogP contribution in [0.3, 0.4) is 0 Å². The number of ether oxygens (including phenoxy) is 1. The lowest BCUT2D eigenvalue weighted by molar-refractivity contribution is -0.123. The zero-order chi connectivity index (χ0) is 19.8. The molecule has 1 saturated heterocycles. The Labute approximate surface area is 171 Å². The van der Waals surface area contributed by atoms with Crippen molar-refractivity contribution >= 4 is 38.5 Å². The number of benzene rings is 1. The van der Waals surface area contributed by atoms with Crippen molar-refractivity contribution in [1.29, 1.82) is 0 Å². The van der Waals surface area contributed by atoms with Crippen molar-refractivity contribution in [1.82, 2.24) is 19.9 Å². The molecule has 1 fully saturated rings. The van der Waals surface area contributed by atoms with E-state index < -0.39 is 0 Å². The quantitative estimate of drug-likeness (QED) is 0.526. The molecule has 148 valence electrons. The van der Waals surface area contributed by atoms with Crippen LogP contribution in [0.15, 0.2) is 42.7 Å². The molecule has 0 spiro atoms. The first-order valence-corrected chi connectivity index (χ1v) is 10.5. The maximum absolute atomic E-state index is 11.3. The van der Waals surface area contributed by atoms with E-state index >= 15 is 0 Å². The predicted molar refractivity (Wildman–Crippen MR) is 113 cm³/mol. The fourth-order valence-corrected chi connectivity index (χ4v) is 4.66. The lowest BCUT2D eigenvalue weighted by Gasteiger charge is -2.30. The van der Waals surface area contributed by atoms with Crippen LogP contribution in [0.2, 0.25) is 0 Å². The van der Waals surface area contributed by atoms with Gasteiger partial charge < -0.3 is 15.5 Å². The second-order valence-corrected chi connectivity index (χ2v) is 8.37. The summed E-state index contributed by atoms with van der Waals surface area (Å²) in [4.78, 5) is 25.7. The highest BCUT2D eigenvalue weighted by molar-refractivity contribution is 7.20. The number of fused-ring (bicyclic) bond motifs is 2. The molecule has 0 saturated carbocycles. The number of primary amides is 1. The molecule has 8 heteroatoms. The molecule has 5 rings (SSSR count). The van der Waals surface area contributed by atoms with Crippen molar-refractivity contribution in [2.75, 3.05) is 13.1 Å². The van der Waals surface area contributed by atoms with Crippen LogP contribution in [0.4, 0.5) is 0 Å². The highest BCUT2D eigenvalue weighted by atomic mass is 32.1. The Morgan fingerprint density at radius 1 is 1.31 bits per heavy atom. The van der Waals surface area contributed by atoms with E-state index in [1.165, 1.54) is 22.3 Å². The predicted octanol–water partition coefficient (Wildman–Crippen LogP) is 3.66. The molecule has 0 unspecified atom stereocenters. The second-order valence-electron chi connectivity index (χ2n) is 7.38. The van der Waals surface area contributed by atoms with Gasteiger partial charge in [0.1, 0.15) is 5.75 Å². The molecule has 7 nitrogen and oxygen atoms in total. The van der Waals surface area contributed by atoms with Crippen LogP contribution in [0, 0.1) is 5.92 Å². The SMILES string of the molecule is NC(=O)C1CCN(Cc2c[nH]c3cc(Oc4nc5ncccc5s4)ccc23)CC1. The van der Waals surface area contributed by atoms with Crippen molar-refractivity contribution in [3.05, 3.63) is 48.3 Å². The van der Waals surface area contributed by atoms with Gasteiger partial charge in [-0.15, -0.1) is 0 Å². The van der Waals surface area contributed by atoms with Gasteiger partial charge in [0.25, 0.3) is 5.19 Å². The summed E-state index contributed by atoms with van der Waals surface area (Å²) in [6, 6.07) is 9.93. The molecule has 1 aliphatic rings. The van der Waals surface area contributed by atoms with Crippen molar-refractivity contribution in [2.45, 2.75) is 19.4 Å². The van der Waals surface area contributed by atoms with E-state index in [2.05, 4.69) is 32.1 Å². The summed E-state index contributed by atoms with van der Waals surface area (Å²) in [7, 11) is 0. The molecule has 0 atom stereocenters. The number of aromatic nitrogens is 3. The van der Waals surface area contributed by atoms with Gasteiger partial charge >= 0.3 is 0 Å². The summed E-state index contributed by atoms with van der Waals surface area (Å²) in [6.07, 6.45) is 5.46. The van der Waals surface area contributed by atoms with E-state index in [9.17, 15) is 4.79 Å². The number of nitrogens with one attached hydrogen (secondary N) is 1. The van der Waals surface area contributed by atoms with E-state index in [0.29, 0.717) is 10.8 Å². The Balaban J connectivity index is 1.30. The smallest absolute Gasteiger partial charge is 0.281 e. The Hall–Kier alpha value is -2.97. The summed E-state index contributed by atoms with van der Waals surface area (Å²) >= 11 is 1.48. The number of hydrogen-bond donors (Lipinski definition) is 2. The molecule has 3 aromatic heterocycles. The number of likely N-dealkylation sites (tertiary alicyclic amines) is 1. The molecular weight excluding hydrogens is 386 g/mol. The van der Waals surface area contributed by atoms with Gasteiger partial charge in [-0.05, 0) is 55.8 Å². The van der Waals surface area contributed by atoms with Crippen LogP contribution in [0.25, 0.3) is 21.3 Å². The Kier molecular flexibility index (Phi) is 4.65. The molecule has 3 N–H and O–H groups in total.